The molecule has 1 aliphatic rings. The van der Waals surface area contributed by atoms with E-state index in [0.29, 0.717) is 0 Å². The van der Waals surface area contributed by atoms with Crippen LogP contribution in [0.4, 0.5) is 5.69 Å². The minimum absolute atomic E-state index is 0.0602. The Morgan fingerprint density at radius 1 is 1.04 bits per heavy atom. The lowest BCUT2D eigenvalue weighted by atomic mass is 10.1. The average Bonchev–Trinajstić information content (AvgIpc) is 2.69. The second kappa shape index (κ2) is 9.31. The number of anilines is 1. The molecule has 0 aromatic heterocycles. The second-order valence-corrected chi connectivity index (χ2v) is 7.70. The first-order chi connectivity index (χ1) is 12.6. The van der Waals surface area contributed by atoms with Gasteiger partial charge in [0, 0.05) is 42.9 Å². The van der Waals surface area contributed by atoms with Crippen molar-refractivity contribution in [3.63, 3.8) is 0 Å². The Bertz CT molecular complexity index is 697. The minimum Gasteiger partial charge on any atom is -0.325 e. The number of benzene rings is 2. The van der Waals surface area contributed by atoms with E-state index < -0.39 is 0 Å². The number of rotatable bonds is 6. The van der Waals surface area contributed by atoms with Crippen LogP contribution in [0.5, 0.6) is 0 Å². The molecule has 0 radical (unpaired) electrons. The summed E-state index contributed by atoms with van der Waals surface area (Å²) in [6, 6.07) is 18.2. The number of nitrogens with one attached hydrogen (secondary N) is 1. The highest BCUT2D eigenvalue weighted by Gasteiger charge is 2.25. The quantitative estimate of drug-likeness (QED) is 0.781. The summed E-state index contributed by atoms with van der Waals surface area (Å²) in [5.74, 6) is 0.0602. The highest BCUT2D eigenvalue weighted by molar-refractivity contribution is 9.10. The molecular weight excluding hydrogens is 390 g/mol. The van der Waals surface area contributed by atoms with E-state index in [9.17, 15) is 4.79 Å². The Morgan fingerprint density at radius 3 is 2.35 bits per heavy atom. The summed E-state index contributed by atoms with van der Waals surface area (Å²) in [6.07, 6.45) is 1.08. The standard InChI is InChI=1S/C21H26BrN3O/c1-17(21(26)23-20-9-7-19(22)8-10-20)25-15-13-24(14-16-25)12-11-18-5-3-2-4-6-18/h2-10,17H,11-16H2,1H3,(H,23,26). The van der Waals surface area contributed by atoms with E-state index in [1.807, 2.05) is 31.2 Å². The van der Waals surface area contributed by atoms with Gasteiger partial charge in [-0.25, -0.2) is 0 Å². The Labute approximate surface area is 164 Å². The zero-order valence-electron chi connectivity index (χ0n) is 15.2. The largest absolute Gasteiger partial charge is 0.325 e. The van der Waals surface area contributed by atoms with Crippen LogP contribution in [0.3, 0.4) is 0 Å². The van der Waals surface area contributed by atoms with Crippen molar-refractivity contribution < 1.29 is 4.79 Å². The number of nitrogens with zero attached hydrogens (tertiary/aromatic N) is 2. The first-order valence-electron chi connectivity index (χ1n) is 9.18. The van der Waals surface area contributed by atoms with Crippen LogP contribution in [-0.4, -0.2) is 54.5 Å². The van der Waals surface area contributed by atoms with E-state index in [4.69, 9.17) is 0 Å². The van der Waals surface area contributed by atoms with E-state index in [2.05, 4.69) is 61.4 Å². The van der Waals surface area contributed by atoms with Crippen LogP contribution in [0.15, 0.2) is 59.1 Å². The number of carbonyl (C=O) groups is 1. The highest BCUT2D eigenvalue weighted by Crippen LogP contribution is 2.15. The van der Waals surface area contributed by atoms with Gasteiger partial charge in [-0.05, 0) is 43.2 Å². The van der Waals surface area contributed by atoms with Crippen molar-refractivity contribution in [3.05, 3.63) is 64.6 Å². The van der Waals surface area contributed by atoms with Gasteiger partial charge in [0.2, 0.25) is 5.91 Å². The SMILES string of the molecule is CC(C(=O)Nc1ccc(Br)cc1)N1CCN(CCc2ccccc2)CC1. The molecule has 2 aromatic rings. The lowest BCUT2D eigenvalue weighted by Crippen LogP contribution is -2.53. The lowest BCUT2D eigenvalue weighted by molar-refractivity contribution is -0.121. The summed E-state index contributed by atoms with van der Waals surface area (Å²) in [5.41, 5.74) is 2.23. The van der Waals surface area contributed by atoms with Gasteiger partial charge in [0.15, 0.2) is 0 Å². The monoisotopic (exact) mass is 415 g/mol. The first-order valence-corrected chi connectivity index (χ1v) is 9.98. The summed E-state index contributed by atoms with van der Waals surface area (Å²) in [6.45, 7) is 6.98. The molecule has 3 rings (SSSR count). The summed E-state index contributed by atoms with van der Waals surface area (Å²) in [4.78, 5) is 17.3. The molecule has 138 valence electrons. The Hall–Kier alpha value is -1.69. The van der Waals surface area contributed by atoms with Crippen molar-refractivity contribution in [2.45, 2.75) is 19.4 Å². The maximum absolute atomic E-state index is 12.5. The molecule has 0 saturated carbocycles. The number of halogens is 1. The van der Waals surface area contributed by atoms with E-state index in [1.165, 1.54) is 5.56 Å². The Balaban J connectivity index is 1.43. The zero-order valence-corrected chi connectivity index (χ0v) is 16.8. The fourth-order valence-corrected chi connectivity index (χ4v) is 3.52. The highest BCUT2D eigenvalue weighted by atomic mass is 79.9. The third-order valence-electron chi connectivity index (χ3n) is 5.01. The topological polar surface area (TPSA) is 35.6 Å². The van der Waals surface area contributed by atoms with Crippen molar-refractivity contribution in [2.24, 2.45) is 0 Å². The summed E-state index contributed by atoms with van der Waals surface area (Å²) >= 11 is 3.41. The maximum Gasteiger partial charge on any atom is 0.241 e. The molecule has 1 amide bonds. The van der Waals surface area contributed by atoms with E-state index in [0.717, 1.165) is 49.3 Å². The molecule has 2 aromatic carbocycles. The molecule has 4 nitrogen and oxygen atoms in total. The van der Waals surface area contributed by atoms with Gasteiger partial charge in [0.1, 0.15) is 0 Å². The Kier molecular flexibility index (Phi) is 6.83. The van der Waals surface area contributed by atoms with Gasteiger partial charge in [0.25, 0.3) is 0 Å². The van der Waals surface area contributed by atoms with Crippen molar-refractivity contribution >= 4 is 27.5 Å². The van der Waals surface area contributed by atoms with Gasteiger partial charge in [-0.1, -0.05) is 46.3 Å². The summed E-state index contributed by atoms with van der Waals surface area (Å²) < 4.78 is 1.01. The summed E-state index contributed by atoms with van der Waals surface area (Å²) in [5, 5.41) is 3.01. The molecule has 1 heterocycles. The number of hydrogen-bond acceptors (Lipinski definition) is 3. The van der Waals surface area contributed by atoms with E-state index >= 15 is 0 Å². The second-order valence-electron chi connectivity index (χ2n) is 6.79. The third kappa shape index (κ3) is 5.40. The van der Waals surface area contributed by atoms with E-state index in [-0.39, 0.29) is 11.9 Å². The van der Waals surface area contributed by atoms with Gasteiger partial charge in [-0.3, -0.25) is 9.69 Å². The van der Waals surface area contributed by atoms with Gasteiger partial charge >= 0.3 is 0 Å². The van der Waals surface area contributed by atoms with Crippen molar-refractivity contribution in [2.75, 3.05) is 38.0 Å². The molecule has 1 aliphatic heterocycles. The fourth-order valence-electron chi connectivity index (χ4n) is 3.25. The zero-order chi connectivity index (χ0) is 18.4. The molecule has 1 saturated heterocycles. The van der Waals surface area contributed by atoms with Crippen LogP contribution < -0.4 is 5.32 Å². The van der Waals surface area contributed by atoms with Crippen molar-refractivity contribution in [1.29, 1.82) is 0 Å². The molecule has 0 spiro atoms. The average molecular weight is 416 g/mol. The molecule has 1 unspecified atom stereocenters. The van der Waals surface area contributed by atoms with Crippen LogP contribution in [0.2, 0.25) is 0 Å². The molecule has 1 N–H and O–H groups in total. The molecule has 1 atom stereocenters. The predicted molar refractivity (Wildman–Crippen MR) is 110 cm³/mol. The normalized spacial score (nSPS) is 17.0. The maximum atomic E-state index is 12.5. The number of amides is 1. The van der Waals surface area contributed by atoms with Crippen LogP contribution in [0, 0.1) is 0 Å². The Morgan fingerprint density at radius 2 is 1.69 bits per heavy atom. The molecule has 1 fully saturated rings. The summed E-state index contributed by atoms with van der Waals surface area (Å²) in [7, 11) is 0. The molecule has 0 aliphatic carbocycles. The smallest absolute Gasteiger partial charge is 0.241 e. The molecule has 0 bridgehead atoms. The predicted octanol–water partition coefficient (Wildman–Crippen LogP) is 3.64. The van der Waals surface area contributed by atoms with Crippen molar-refractivity contribution in [1.82, 2.24) is 9.80 Å². The molecule has 26 heavy (non-hydrogen) atoms. The van der Waals surface area contributed by atoms with Crippen LogP contribution >= 0.6 is 15.9 Å². The lowest BCUT2D eigenvalue weighted by Gasteiger charge is -2.37. The van der Waals surface area contributed by atoms with Gasteiger partial charge in [-0.2, -0.15) is 0 Å². The number of hydrogen-bond donors (Lipinski definition) is 1. The third-order valence-corrected chi connectivity index (χ3v) is 5.53. The number of carbonyl (C=O) groups excluding carboxylic acids is 1. The van der Waals surface area contributed by atoms with Crippen LogP contribution in [0.1, 0.15) is 12.5 Å². The van der Waals surface area contributed by atoms with Crippen LogP contribution in [-0.2, 0) is 11.2 Å². The number of piperazine rings is 1. The van der Waals surface area contributed by atoms with Gasteiger partial charge < -0.3 is 10.2 Å². The molecule has 5 heteroatoms. The first kappa shape index (κ1) is 19.1. The van der Waals surface area contributed by atoms with Gasteiger partial charge in [0.05, 0.1) is 6.04 Å². The van der Waals surface area contributed by atoms with E-state index in [1.54, 1.807) is 0 Å². The fraction of sp³-hybridized carbons (Fsp3) is 0.381. The minimum atomic E-state index is -0.116. The van der Waals surface area contributed by atoms with Crippen molar-refractivity contribution in [3.8, 4) is 0 Å². The van der Waals surface area contributed by atoms with Crippen LogP contribution in [0.25, 0.3) is 0 Å². The molecular formula is C21H26BrN3O. The van der Waals surface area contributed by atoms with Gasteiger partial charge in [-0.15, -0.1) is 0 Å².